The van der Waals surface area contributed by atoms with E-state index in [1.54, 1.807) is 6.07 Å². The van der Waals surface area contributed by atoms with Crippen molar-refractivity contribution in [1.29, 1.82) is 0 Å². The molecule has 3 nitrogen and oxygen atoms in total. The van der Waals surface area contributed by atoms with E-state index in [0.29, 0.717) is 15.9 Å². The summed E-state index contributed by atoms with van der Waals surface area (Å²) in [6.45, 7) is 0. The number of nitrogens with zero attached hydrogens (tertiary/aromatic N) is 1. The van der Waals surface area contributed by atoms with Gasteiger partial charge in [-0.3, -0.25) is 0 Å². The monoisotopic (exact) mass is 380 g/mol. The molecule has 24 heavy (non-hydrogen) atoms. The van der Waals surface area contributed by atoms with Crippen LogP contribution in [0.4, 0.5) is 0 Å². The Labute approximate surface area is 145 Å². The zero-order chi connectivity index (χ0) is 16.4. The summed E-state index contributed by atoms with van der Waals surface area (Å²) in [6.07, 6.45) is 0. The fourth-order valence-corrected chi connectivity index (χ4v) is 4.82. The van der Waals surface area contributed by atoms with Gasteiger partial charge in [-0.1, -0.05) is 0 Å². The molecular formula is C20H14NO2Se+. The van der Waals surface area contributed by atoms with E-state index in [4.69, 9.17) is 4.52 Å². The number of benzene rings is 3. The molecule has 0 radical (unpaired) electrons. The number of hydrogen-bond donors (Lipinski definition) is 0. The summed E-state index contributed by atoms with van der Waals surface area (Å²) in [4.78, 5) is 12.3. The van der Waals surface area contributed by atoms with E-state index in [-0.39, 0.29) is 15.0 Å². The van der Waals surface area contributed by atoms with Crippen LogP contribution in [0.1, 0.15) is 0 Å². The fraction of sp³-hybridized carbons (Fsp3) is 0. The van der Waals surface area contributed by atoms with E-state index in [9.17, 15) is 4.91 Å². The molecule has 4 rings (SSSR count). The quantitative estimate of drug-likeness (QED) is 0.513. The van der Waals surface area contributed by atoms with E-state index in [1.165, 1.54) is 4.46 Å². The molecule has 0 aliphatic heterocycles. The minimum atomic E-state index is 0.0315. The van der Waals surface area contributed by atoms with E-state index in [2.05, 4.69) is 12.1 Å². The second-order valence-corrected chi connectivity index (χ2v) is 7.58. The van der Waals surface area contributed by atoms with Crippen molar-refractivity contribution in [1.82, 2.24) is 0 Å². The molecule has 4 heteroatoms. The summed E-state index contributed by atoms with van der Waals surface area (Å²) in [5.74, 6) is 0.646. The van der Waals surface area contributed by atoms with E-state index >= 15 is 0 Å². The number of hydrogen-bond acceptors (Lipinski definition) is 2. The molecule has 0 unspecified atom stereocenters. The molecule has 1 heterocycles. The molecule has 0 bridgehead atoms. The average Bonchev–Trinajstić information content (AvgIpc) is 2.65. The second-order valence-electron chi connectivity index (χ2n) is 5.30. The molecule has 0 saturated carbocycles. The van der Waals surface area contributed by atoms with Gasteiger partial charge in [-0.15, -0.1) is 0 Å². The molecule has 0 N–H and O–H groups in total. The van der Waals surface area contributed by atoms with Gasteiger partial charge in [-0.05, 0) is 0 Å². The van der Waals surface area contributed by atoms with Crippen molar-refractivity contribution in [2.45, 2.75) is 0 Å². The maximum absolute atomic E-state index is 12.3. The molecule has 0 spiro atoms. The van der Waals surface area contributed by atoms with Crippen LogP contribution in [0.3, 0.4) is 0 Å². The van der Waals surface area contributed by atoms with Gasteiger partial charge in [0.05, 0.1) is 0 Å². The van der Waals surface area contributed by atoms with Crippen molar-refractivity contribution < 1.29 is 9.12 Å². The van der Waals surface area contributed by atoms with Crippen molar-refractivity contribution in [3.63, 3.8) is 0 Å². The van der Waals surface area contributed by atoms with E-state index < -0.39 is 0 Å². The van der Waals surface area contributed by atoms with E-state index in [1.807, 2.05) is 66.7 Å². The van der Waals surface area contributed by atoms with Crippen LogP contribution < -0.4 is 13.5 Å². The third-order valence-corrected chi connectivity index (χ3v) is 6.07. The molecule has 0 atom stereocenters. The SMILES string of the molecule is O=[n+]1oc(-c2ccccc2)c([Se]c2ccccc2)c2ccccc21. The van der Waals surface area contributed by atoms with Gasteiger partial charge in [-0.25, -0.2) is 0 Å². The standard InChI is InChI=1S/C20H14NO2Se/c22-21-18-14-8-7-13-17(18)20(24-16-11-5-2-6-12-16)19(23-21)15-9-3-1-4-10-15/h1-14H/q+1. The van der Waals surface area contributed by atoms with E-state index in [0.717, 1.165) is 15.4 Å². The zero-order valence-electron chi connectivity index (χ0n) is 12.8. The Kier molecular flexibility index (Phi) is 3.99. The molecular weight excluding hydrogens is 365 g/mol. The topological polar surface area (TPSA) is 36.1 Å². The van der Waals surface area contributed by atoms with Crippen LogP contribution in [-0.4, -0.2) is 15.0 Å². The Balaban J connectivity index is 2.00. The number of para-hydroxylation sites is 1. The minimum absolute atomic E-state index is 0.0315. The zero-order valence-corrected chi connectivity index (χ0v) is 14.5. The molecule has 4 aromatic rings. The summed E-state index contributed by atoms with van der Waals surface area (Å²) in [5.41, 5.74) is 1.48. The first-order valence-electron chi connectivity index (χ1n) is 7.60. The summed E-state index contributed by atoms with van der Waals surface area (Å²) >= 11 is 0.0315. The average molecular weight is 379 g/mol. The summed E-state index contributed by atoms with van der Waals surface area (Å²) in [6, 6.07) is 27.7. The number of rotatable bonds is 3. The predicted octanol–water partition coefficient (Wildman–Crippen LogP) is 2.67. The first-order valence-corrected chi connectivity index (χ1v) is 9.31. The second kappa shape index (κ2) is 6.44. The molecule has 1 aromatic heterocycles. The molecule has 0 saturated heterocycles. The summed E-state index contributed by atoms with van der Waals surface area (Å²) in [5, 5.41) is 0.946. The Bertz CT molecular complexity index is 1040. The molecule has 0 amide bonds. The summed E-state index contributed by atoms with van der Waals surface area (Å²) < 4.78 is 8.60. The third kappa shape index (κ3) is 2.78. The van der Waals surface area contributed by atoms with Crippen LogP contribution in [0.25, 0.3) is 22.2 Å². The van der Waals surface area contributed by atoms with Gasteiger partial charge in [0.25, 0.3) is 0 Å². The fourth-order valence-electron chi connectivity index (χ4n) is 2.60. The Morgan fingerprint density at radius 2 is 1.38 bits per heavy atom. The maximum atomic E-state index is 12.3. The van der Waals surface area contributed by atoms with Crippen molar-refractivity contribution in [2.75, 3.05) is 0 Å². The van der Waals surface area contributed by atoms with Crippen LogP contribution in [0.2, 0.25) is 0 Å². The molecule has 116 valence electrons. The van der Waals surface area contributed by atoms with Gasteiger partial charge in [-0.2, -0.15) is 0 Å². The third-order valence-electron chi connectivity index (χ3n) is 3.72. The first kappa shape index (κ1) is 14.9. The van der Waals surface area contributed by atoms with Gasteiger partial charge in [0.1, 0.15) is 0 Å². The van der Waals surface area contributed by atoms with Crippen LogP contribution in [0, 0.1) is 4.91 Å². The van der Waals surface area contributed by atoms with Gasteiger partial charge in [0.15, 0.2) is 0 Å². The van der Waals surface area contributed by atoms with Crippen molar-refractivity contribution >= 4 is 34.8 Å². The first-order chi connectivity index (χ1) is 11.8. The van der Waals surface area contributed by atoms with Crippen LogP contribution in [0.5, 0.6) is 0 Å². The van der Waals surface area contributed by atoms with Gasteiger partial charge in [0.2, 0.25) is 0 Å². The number of fused-ring (bicyclic) bond motifs is 1. The molecule has 0 aliphatic rings. The Morgan fingerprint density at radius 3 is 2.12 bits per heavy atom. The van der Waals surface area contributed by atoms with Crippen LogP contribution >= 0.6 is 0 Å². The van der Waals surface area contributed by atoms with Crippen LogP contribution in [0.15, 0.2) is 89.5 Å². The normalized spacial score (nSPS) is 10.8. The Morgan fingerprint density at radius 1 is 0.750 bits per heavy atom. The van der Waals surface area contributed by atoms with Crippen molar-refractivity contribution in [3.05, 3.63) is 89.8 Å². The van der Waals surface area contributed by atoms with Crippen molar-refractivity contribution in [3.8, 4) is 11.3 Å². The van der Waals surface area contributed by atoms with Gasteiger partial charge < -0.3 is 0 Å². The Hall–Kier alpha value is -2.68. The van der Waals surface area contributed by atoms with Gasteiger partial charge in [0, 0.05) is 0 Å². The van der Waals surface area contributed by atoms with Gasteiger partial charge >= 0.3 is 145 Å². The summed E-state index contributed by atoms with van der Waals surface area (Å²) in [7, 11) is 0. The molecule has 0 aliphatic carbocycles. The molecule has 0 fully saturated rings. The number of aromatic nitrogens is 1. The van der Waals surface area contributed by atoms with Crippen molar-refractivity contribution in [2.24, 2.45) is 0 Å². The predicted molar refractivity (Wildman–Crippen MR) is 96.5 cm³/mol. The molecule has 3 aromatic carbocycles. The van der Waals surface area contributed by atoms with Crippen LogP contribution in [-0.2, 0) is 0 Å².